The number of hydrogen-bond acceptors (Lipinski definition) is 3. The third kappa shape index (κ3) is 3.43. The van der Waals surface area contributed by atoms with Crippen molar-refractivity contribution in [2.45, 2.75) is 31.7 Å². The van der Waals surface area contributed by atoms with Crippen molar-refractivity contribution in [3.8, 4) is 0 Å². The van der Waals surface area contributed by atoms with Gasteiger partial charge in [0.1, 0.15) is 5.15 Å². The quantitative estimate of drug-likeness (QED) is 0.797. The zero-order valence-corrected chi connectivity index (χ0v) is 11.9. The number of halogens is 1. The molecule has 0 unspecified atom stereocenters. The first kappa shape index (κ1) is 13.8. The Morgan fingerprint density at radius 2 is 2.33 bits per heavy atom. The van der Waals surface area contributed by atoms with Crippen LogP contribution in [0.2, 0.25) is 5.15 Å². The van der Waals surface area contributed by atoms with Gasteiger partial charge in [-0.3, -0.25) is 0 Å². The van der Waals surface area contributed by atoms with Crippen LogP contribution in [-0.4, -0.2) is 36.5 Å². The highest BCUT2D eigenvalue weighted by Crippen LogP contribution is 2.24. The summed E-state index contributed by atoms with van der Waals surface area (Å²) in [6.07, 6.45) is 6.54. The Bertz CT molecular complexity index is 519. The molecule has 0 spiro atoms. The molecule has 18 heavy (non-hydrogen) atoms. The molecule has 0 bridgehead atoms. The Hall–Kier alpha value is -0.650. The molecule has 0 saturated carbocycles. The van der Waals surface area contributed by atoms with Crippen LogP contribution in [0.5, 0.6) is 0 Å². The van der Waals surface area contributed by atoms with E-state index >= 15 is 0 Å². The Morgan fingerprint density at radius 1 is 1.56 bits per heavy atom. The molecule has 0 radical (unpaired) electrons. The highest BCUT2D eigenvalue weighted by atomic mass is 35.5. The largest absolute Gasteiger partial charge is 0.245 e. The summed E-state index contributed by atoms with van der Waals surface area (Å²) in [4.78, 5) is 3.93. The van der Waals surface area contributed by atoms with E-state index in [1.54, 1.807) is 10.5 Å². The minimum absolute atomic E-state index is 0.131. The van der Waals surface area contributed by atoms with E-state index < -0.39 is 10.0 Å². The van der Waals surface area contributed by atoms with E-state index in [0.717, 1.165) is 31.2 Å². The predicted molar refractivity (Wildman–Crippen MR) is 72.1 cm³/mol. The van der Waals surface area contributed by atoms with Gasteiger partial charge < -0.3 is 0 Å². The molecule has 1 aromatic heterocycles. The average Bonchev–Trinajstić information content (AvgIpc) is 2.74. The maximum atomic E-state index is 11.6. The van der Waals surface area contributed by atoms with Gasteiger partial charge >= 0.3 is 0 Å². The number of hydrogen-bond donors (Lipinski definition) is 0. The number of rotatable bonds is 4. The number of aromatic nitrogens is 1. The minimum Gasteiger partial charge on any atom is -0.245 e. The number of nitrogens with zero attached hydrogens (tertiary/aromatic N) is 2. The first-order valence-electron chi connectivity index (χ1n) is 6.04. The molecule has 2 heterocycles. The summed E-state index contributed by atoms with van der Waals surface area (Å²) in [6, 6.07) is 3.89. The van der Waals surface area contributed by atoms with Gasteiger partial charge in [0, 0.05) is 18.8 Å². The summed E-state index contributed by atoms with van der Waals surface area (Å²) in [5.41, 5.74) is 1.11. The van der Waals surface area contributed by atoms with E-state index in [2.05, 4.69) is 4.98 Å². The van der Waals surface area contributed by atoms with Crippen LogP contribution >= 0.6 is 11.6 Å². The van der Waals surface area contributed by atoms with Crippen LogP contribution in [0.15, 0.2) is 18.3 Å². The van der Waals surface area contributed by atoms with E-state index in [1.807, 2.05) is 12.1 Å². The maximum absolute atomic E-state index is 11.6. The fourth-order valence-electron chi connectivity index (χ4n) is 2.47. The molecule has 1 fully saturated rings. The Labute approximate surface area is 113 Å². The molecule has 1 saturated heterocycles. The smallest absolute Gasteiger partial charge is 0.211 e. The fraction of sp³-hybridized carbons (Fsp3) is 0.583. The van der Waals surface area contributed by atoms with Crippen LogP contribution in [0, 0.1) is 0 Å². The standard InChI is InChI=1S/C12H17ClN2O2S/c1-18(16,17)15-8-2-3-11(15)5-4-10-6-7-14-12(13)9-10/h6-7,9,11H,2-5,8H2,1H3/t11-/m1/s1. The van der Waals surface area contributed by atoms with Crippen LogP contribution in [0.4, 0.5) is 0 Å². The molecular weight excluding hydrogens is 272 g/mol. The van der Waals surface area contributed by atoms with Gasteiger partial charge in [0.2, 0.25) is 10.0 Å². The average molecular weight is 289 g/mol. The van der Waals surface area contributed by atoms with E-state index in [-0.39, 0.29) is 6.04 Å². The zero-order valence-electron chi connectivity index (χ0n) is 10.3. The Balaban J connectivity index is 1.98. The summed E-state index contributed by atoms with van der Waals surface area (Å²) in [6.45, 7) is 0.653. The predicted octanol–water partition coefficient (Wildman–Crippen LogP) is 2.09. The number of aryl methyl sites for hydroxylation is 1. The summed E-state index contributed by atoms with van der Waals surface area (Å²) < 4.78 is 24.8. The van der Waals surface area contributed by atoms with Gasteiger partial charge in [-0.05, 0) is 43.4 Å². The van der Waals surface area contributed by atoms with Crippen molar-refractivity contribution in [1.82, 2.24) is 9.29 Å². The molecule has 1 aliphatic rings. The molecule has 4 nitrogen and oxygen atoms in total. The van der Waals surface area contributed by atoms with Crippen molar-refractivity contribution in [3.63, 3.8) is 0 Å². The fourth-order valence-corrected chi connectivity index (χ4v) is 3.88. The topological polar surface area (TPSA) is 50.3 Å². The van der Waals surface area contributed by atoms with Crippen molar-refractivity contribution >= 4 is 21.6 Å². The van der Waals surface area contributed by atoms with Gasteiger partial charge in [-0.2, -0.15) is 4.31 Å². The molecule has 0 aliphatic carbocycles. The van der Waals surface area contributed by atoms with E-state index in [0.29, 0.717) is 11.7 Å². The summed E-state index contributed by atoms with van der Waals surface area (Å²) in [5, 5.41) is 0.485. The second-order valence-electron chi connectivity index (χ2n) is 4.70. The van der Waals surface area contributed by atoms with E-state index in [9.17, 15) is 8.42 Å². The van der Waals surface area contributed by atoms with Crippen molar-refractivity contribution in [1.29, 1.82) is 0 Å². The lowest BCUT2D eigenvalue weighted by molar-refractivity contribution is 0.373. The molecule has 0 amide bonds. The Morgan fingerprint density at radius 3 is 3.00 bits per heavy atom. The molecular formula is C12H17ClN2O2S. The summed E-state index contributed by atoms with van der Waals surface area (Å²) in [5.74, 6) is 0. The minimum atomic E-state index is -3.07. The molecule has 0 N–H and O–H groups in total. The number of pyridine rings is 1. The SMILES string of the molecule is CS(=O)(=O)N1CCC[C@@H]1CCc1ccnc(Cl)c1. The highest BCUT2D eigenvalue weighted by molar-refractivity contribution is 7.88. The molecule has 100 valence electrons. The van der Waals surface area contributed by atoms with Crippen molar-refractivity contribution in [2.75, 3.05) is 12.8 Å². The lowest BCUT2D eigenvalue weighted by Gasteiger charge is -2.21. The van der Waals surface area contributed by atoms with Crippen LogP contribution < -0.4 is 0 Å². The highest BCUT2D eigenvalue weighted by Gasteiger charge is 2.30. The van der Waals surface area contributed by atoms with Crippen molar-refractivity contribution in [2.24, 2.45) is 0 Å². The molecule has 1 atom stereocenters. The van der Waals surface area contributed by atoms with Gasteiger partial charge in [-0.15, -0.1) is 0 Å². The molecule has 1 aromatic rings. The first-order chi connectivity index (χ1) is 8.47. The van der Waals surface area contributed by atoms with Gasteiger partial charge in [0.05, 0.1) is 6.26 Å². The number of sulfonamides is 1. The molecule has 0 aromatic carbocycles. The van der Waals surface area contributed by atoms with Gasteiger partial charge in [0.15, 0.2) is 0 Å². The van der Waals surface area contributed by atoms with Crippen molar-refractivity contribution in [3.05, 3.63) is 29.0 Å². The molecule has 6 heteroatoms. The van der Waals surface area contributed by atoms with Crippen LogP contribution in [0.1, 0.15) is 24.8 Å². The van der Waals surface area contributed by atoms with Crippen LogP contribution in [0.3, 0.4) is 0 Å². The maximum Gasteiger partial charge on any atom is 0.211 e. The summed E-state index contributed by atoms with van der Waals surface area (Å²) in [7, 11) is -3.07. The van der Waals surface area contributed by atoms with Gasteiger partial charge in [-0.25, -0.2) is 13.4 Å². The Kier molecular flexibility index (Phi) is 4.25. The third-order valence-electron chi connectivity index (χ3n) is 3.31. The molecule has 1 aliphatic heterocycles. The van der Waals surface area contributed by atoms with Gasteiger partial charge in [-0.1, -0.05) is 11.6 Å². The third-order valence-corrected chi connectivity index (χ3v) is 4.85. The summed E-state index contributed by atoms with van der Waals surface area (Å²) >= 11 is 5.82. The van der Waals surface area contributed by atoms with Crippen LogP contribution in [-0.2, 0) is 16.4 Å². The lowest BCUT2D eigenvalue weighted by atomic mass is 10.1. The van der Waals surface area contributed by atoms with Gasteiger partial charge in [0.25, 0.3) is 0 Å². The zero-order chi connectivity index (χ0) is 13.2. The van der Waals surface area contributed by atoms with Crippen molar-refractivity contribution < 1.29 is 8.42 Å². The second kappa shape index (κ2) is 5.55. The second-order valence-corrected chi connectivity index (χ2v) is 7.02. The lowest BCUT2D eigenvalue weighted by Crippen LogP contribution is -2.34. The van der Waals surface area contributed by atoms with E-state index in [1.165, 1.54) is 6.26 Å². The normalized spacial score (nSPS) is 21.3. The van der Waals surface area contributed by atoms with E-state index in [4.69, 9.17) is 11.6 Å². The first-order valence-corrected chi connectivity index (χ1v) is 8.27. The monoisotopic (exact) mass is 288 g/mol. The van der Waals surface area contributed by atoms with Crippen LogP contribution in [0.25, 0.3) is 0 Å². The molecule has 2 rings (SSSR count).